The lowest BCUT2D eigenvalue weighted by atomic mass is 10.3. The molecule has 0 saturated carbocycles. The zero-order chi connectivity index (χ0) is 11.9. The second-order valence-electron chi connectivity index (χ2n) is 3.09. The Bertz CT molecular complexity index is 562. The zero-order valence-corrected chi connectivity index (χ0v) is 8.38. The zero-order valence-electron chi connectivity index (χ0n) is 7.62. The van der Waals surface area contributed by atoms with Gasteiger partial charge < -0.3 is 4.40 Å². The summed E-state index contributed by atoms with van der Waals surface area (Å²) in [6.45, 7) is 0. The van der Waals surface area contributed by atoms with Gasteiger partial charge in [0, 0.05) is 12.4 Å². The molecule has 0 atom stereocenters. The van der Waals surface area contributed by atoms with E-state index < -0.39 is 11.7 Å². The Balaban J connectivity index is 2.71. The van der Waals surface area contributed by atoms with Crippen molar-refractivity contribution in [3.63, 3.8) is 0 Å². The van der Waals surface area contributed by atoms with Gasteiger partial charge in [-0.1, -0.05) is 11.6 Å². The standard InChI is InChI=1S/C9H4ClF3N2O/c10-7-1-5(9(11,12)13)2-15-3-6(4-16)14-8(7)15/h1-4H. The minimum Gasteiger partial charge on any atom is -0.304 e. The van der Waals surface area contributed by atoms with Crippen molar-refractivity contribution < 1.29 is 18.0 Å². The lowest BCUT2D eigenvalue weighted by molar-refractivity contribution is -0.137. The van der Waals surface area contributed by atoms with E-state index in [2.05, 4.69) is 4.98 Å². The lowest BCUT2D eigenvalue weighted by Crippen LogP contribution is -2.06. The van der Waals surface area contributed by atoms with Crippen LogP contribution in [0.3, 0.4) is 0 Å². The van der Waals surface area contributed by atoms with E-state index in [9.17, 15) is 18.0 Å². The molecule has 84 valence electrons. The minimum absolute atomic E-state index is 0.0289. The number of rotatable bonds is 1. The number of hydrogen-bond acceptors (Lipinski definition) is 2. The highest BCUT2D eigenvalue weighted by Gasteiger charge is 2.31. The van der Waals surface area contributed by atoms with Crippen LogP contribution < -0.4 is 0 Å². The van der Waals surface area contributed by atoms with Crippen LogP contribution in [0.25, 0.3) is 5.65 Å². The number of carbonyl (C=O) groups is 1. The number of carbonyl (C=O) groups excluding carboxylic acids is 1. The molecule has 2 heterocycles. The maximum absolute atomic E-state index is 12.4. The molecule has 0 spiro atoms. The molecule has 0 aliphatic heterocycles. The van der Waals surface area contributed by atoms with E-state index in [-0.39, 0.29) is 16.4 Å². The molecule has 2 aromatic rings. The molecule has 2 aromatic heterocycles. The maximum Gasteiger partial charge on any atom is 0.417 e. The summed E-state index contributed by atoms with van der Waals surface area (Å²) >= 11 is 5.64. The van der Waals surface area contributed by atoms with Crippen LogP contribution in [0.2, 0.25) is 5.02 Å². The van der Waals surface area contributed by atoms with Gasteiger partial charge in [-0.05, 0) is 6.07 Å². The number of hydrogen-bond donors (Lipinski definition) is 0. The Morgan fingerprint density at radius 1 is 1.38 bits per heavy atom. The van der Waals surface area contributed by atoms with Crippen LogP contribution in [-0.2, 0) is 6.18 Å². The van der Waals surface area contributed by atoms with Gasteiger partial charge in [0.25, 0.3) is 0 Å². The highest BCUT2D eigenvalue weighted by atomic mass is 35.5. The fourth-order valence-corrected chi connectivity index (χ4v) is 1.55. The summed E-state index contributed by atoms with van der Waals surface area (Å²) in [5, 5.41) is -0.150. The van der Waals surface area contributed by atoms with Crippen molar-refractivity contribution in [2.75, 3.05) is 0 Å². The highest BCUT2D eigenvalue weighted by Crippen LogP contribution is 2.32. The average Bonchev–Trinajstić information content (AvgIpc) is 2.59. The Morgan fingerprint density at radius 2 is 2.06 bits per heavy atom. The highest BCUT2D eigenvalue weighted by molar-refractivity contribution is 6.33. The Kier molecular flexibility index (Phi) is 2.38. The molecule has 0 saturated heterocycles. The molecule has 3 nitrogen and oxygen atoms in total. The van der Waals surface area contributed by atoms with Crippen molar-refractivity contribution in [1.29, 1.82) is 0 Å². The number of alkyl halides is 3. The third-order valence-corrected chi connectivity index (χ3v) is 2.25. The molecule has 0 fully saturated rings. The van der Waals surface area contributed by atoms with Gasteiger partial charge in [0.05, 0.1) is 10.6 Å². The summed E-state index contributed by atoms with van der Waals surface area (Å²) in [6.07, 6.45) is -2.02. The molecule has 0 unspecified atom stereocenters. The second-order valence-corrected chi connectivity index (χ2v) is 3.50. The van der Waals surface area contributed by atoms with E-state index in [1.165, 1.54) is 6.20 Å². The smallest absolute Gasteiger partial charge is 0.304 e. The van der Waals surface area contributed by atoms with Gasteiger partial charge in [0.1, 0.15) is 5.69 Å². The third kappa shape index (κ3) is 1.76. The summed E-state index contributed by atoms with van der Waals surface area (Å²) in [4.78, 5) is 14.2. The van der Waals surface area contributed by atoms with Crippen LogP contribution in [0, 0.1) is 0 Å². The first-order valence-electron chi connectivity index (χ1n) is 4.12. The van der Waals surface area contributed by atoms with Crippen LogP contribution in [0.1, 0.15) is 16.1 Å². The van der Waals surface area contributed by atoms with Gasteiger partial charge in [-0.25, -0.2) is 4.98 Å². The fraction of sp³-hybridized carbons (Fsp3) is 0.111. The average molecular weight is 249 g/mol. The van der Waals surface area contributed by atoms with Crippen molar-refractivity contribution >= 4 is 23.5 Å². The number of pyridine rings is 1. The summed E-state index contributed by atoms with van der Waals surface area (Å²) in [5.41, 5.74) is -0.738. The van der Waals surface area contributed by atoms with Gasteiger partial charge in [-0.2, -0.15) is 13.2 Å². The predicted molar refractivity (Wildman–Crippen MR) is 50.6 cm³/mol. The Hall–Kier alpha value is -1.56. The molecule has 0 amide bonds. The van der Waals surface area contributed by atoms with E-state index in [0.717, 1.165) is 16.7 Å². The van der Waals surface area contributed by atoms with E-state index in [1.54, 1.807) is 0 Å². The van der Waals surface area contributed by atoms with Crippen molar-refractivity contribution in [3.05, 3.63) is 34.7 Å². The molecule has 0 N–H and O–H groups in total. The van der Waals surface area contributed by atoms with Crippen LogP contribution >= 0.6 is 11.6 Å². The van der Waals surface area contributed by atoms with Crippen molar-refractivity contribution in [1.82, 2.24) is 9.38 Å². The van der Waals surface area contributed by atoms with Crippen molar-refractivity contribution in [2.24, 2.45) is 0 Å². The van der Waals surface area contributed by atoms with Crippen molar-refractivity contribution in [3.8, 4) is 0 Å². The molecular weight excluding hydrogens is 245 g/mol. The first-order valence-corrected chi connectivity index (χ1v) is 4.50. The number of halogens is 4. The molecular formula is C9H4ClF3N2O. The number of aromatic nitrogens is 2. The van der Waals surface area contributed by atoms with E-state index in [0.29, 0.717) is 6.29 Å². The molecule has 16 heavy (non-hydrogen) atoms. The lowest BCUT2D eigenvalue weighted by Gasteiger charge is -2.07. The van der Waals surface area contributed by atoms with Crippen LogP contribution in [-0.4, -0.2) is 15.7 Å². The van der Waals surface area contributed by atoms with E-state index in [1.807, 2.05) is 0 Å². The normalized spacial score (nSPS) is 12.0. The van der Waals surface area contributed by atoms with Gasteiger partial charge in [0.2, 0.25) is 0 Å². The molecule has 0 aromatic carbocycles. The largest absolute Gasteiger partial charge is 0.417 e. The first-order chi connectivity index (χ1) is 7.41. The van der Waals surface area contributed by atoms with Gasteiger partial charge in [-0.15, -0.1) is 0 Å². The quantitative estimate of drug-likeness (QED) is 0.728. The second kappa shape index (κ2) is 3.48. The monoisotopic (exact) mass is 248 g/mol. The summed E-state index contributed by atoms with van der Waals surface area (Å²) in [6, 6.07) is 0.776. The number of fused-ring (bicyclic) bond motifs is 1. The third-order valence-electron chi connectivity index (χ3n) is 1.97. The molecule has 0 aliphatic rings. The van der Waals surface area contributed by atoms with Gasteiger partial charge >= 0.3 is 6.18 Å². The number of nitrogens with zero attached hydrogens (tertiary/aromatic N) is 2. The predicted octanol–water partition coefficient (Wildman–Crippen LogP) is 2.82. The van der Waals surface area contributed by atoms with Crippen LogP contribution in [0.4, 0.5) is 13.2 Å². The fourth-order valence-electron chi connectivity index (χ4n) is 1.29. The van der Waals surface area contributed by atoms with Gasteiger partial charge in [0.15, 0.2) is 11.9 Å². The molecule has 0 aliphatic carbocycles. The first kappa shape index (κ1) is 10.9. The molecule has 0 radical (unpaired) electrons. The topological polar surface area (TPSA) is 34.4 Å². The van der Waals surface area contributed by atoms with Crippen LogP contribution in [0.5, 0.6) is 0 Å². The van der Waals surface area contributed by atoms with Crippen molar-refractivity contribution in [2.45, 2.75) is 6.18 Å². The number of aldehydes is 1. The maximum atomic E-state index is 12.4. The minimum atomic E-state index is -4.48. The Morgan fingerprint density at radius 3 is 2.62 bits per heavy atom. The summed E-state index contributed by atoms with van der Waals surface area (Å²) < 4.78 is 38.3. The Labute approximate surface area is 92.5 Å². The summed E-state index contributed by atoms with van der Waals surface area (Å²) in [7, 11) is 0. The number of imidazole rings is 1. The molecule has 7 heteroatoms. The molecule has 2 rings (SSSR count). The van der Waals surface area contributed by atoms with E-state index in [4.69, 9.17) is 11.6 Å². The van der Waals surface area contributed by atoms with Gasteiger partial charge in [-0.3, -0.25) is 4.79 Å². The molecule has 0 bridgehead atoms. The summed E-state index contributed by atoms with van der Waals surface area (Å²) in [5.74, 6) is 0. The van der Waals surface area contributed by atoms with Crippen LogP contribution in [0.15, 0.2) is 18.5 Å². The van der Waals surface area contributed by atoms with E-state index >= 15 is 0 Å². The SMILES string of the molecule is O=Cc1cn2cc(C(F)(F)F)cc(Cl)c2n1.